The molecule has 1 aromatic heterocycles. The highest BCUT2D eigenvalue weighted by Crippen LogP contribution is 2.18. The lowest BCUT2D eigenvalue weighted by Crippen LogP contribution is -2.48. The molecule has 2 heterocycles. The molecule has 3 rings (SSSR count). The molecule has 0 aliphatic carbocycles. The van der Waals surface area contributed by atoms with Crippen LogP contribution in [0, 0.1) is 0 Å². The van der Waals surface area contributed by atoms with Crippen molar-refractivity contribution >= 4 is 41.0 Å². The van der Waals surface area contributed by atoms with Gasteiger partial charge in [0.2, 0.25) is 5.91 Å². The largest absolute Gasteiger partial charge is 0.465 e. The minimum absolute atomic E-state index is 0.143. The molecule has 0 bridgehead atoms. The zero-order valence-corrected chi connectivity index (χ0v) is 18.0. The van der Waals surface area contributed by atoms with Gasteiger partial charge in [0.25, 0.3) is 0 Å². The number of aromatic nitrogens is 1. The van der Waals surface area contributed by atoms with Crippen molar-refractivity contribution in [2.75, 3.05) is 57.2 Å². The Morgan fingerprint density at radius 3 is 2.13 bits per heavy atom. The standard InChI is InChI=1S/C21H23ClN4O5/c1-30-20(28)14-9-15(21(29)31-2)11-17(10-14)24-19(27)13-25-5-7-26(8-6-25)18-4-3-16(22)12-23-18/h3-4,9-12H,5-8,13H2,1-2H3,(H,24,27). The van der Waals surface area contributed by atoms with Crippen LogP contribution in [0.4, 0.5) is 11.5 Å². The highest BCUT2D eigenvalue weighted by Gasteiger charge is 2.21. The minimum Gasteiger partial charge on any atom is -0.465 e. The Bertz CT molecular complexity index is 924. The number of piperazine rings is 1. The van der Waals surface area contributed by atoms with Crippen molar-refractivity contribution in [3.05, 3.63) is 52.7 Å². The lowest BCUT2D eigenvalue weighted by atomic mass is 10.1. The summed E-state index contributed by atoms with van der Waals surface area (Å²) in [7, 11) is 2.48. The van der Waals surface area contributed by atoms with Crippen molar-refractivity contribution < 1.29 is 23.9 Å². The first kappa shape index (κ1) is 22.5. The molecule has 1 N–H and O–H groups in total. The molecule has 10 heteroatoms. The van der Waals surface area contributed by atoms with E-state index in [-0.39, 0.29) is 23.6 Å². The van der Waals surface area contributed by atoms with Crippen LogP contribution in [0.1, 0.15) is 20.7 Å². The fourth-order valence-corrected chi connectivity index (χ4v) is 3.38. The maximum Gasteiger partial charge on any atom is 0.337 e. The second-order valence-corrected chi connectivity index (χ2v) is 7.36. The first-order valence-electron chi connectivity index (χ1n) is 9.60. The monoisotopic (exact) mass is 446 g/mol. The highest BCUT2D eigenvalue weighted by molar-refractivity contribution is 6.30. The molecular weight excluding hydrogens is 424 g/mol. The maximum absolute atomic E-state index is 12.5. The molecule has 0 unspecified atom stereocenters. The number of hydrogen-bond donors (Lipinski definition) is 1. The van der Waals surface area contributed by atoms with E-state index in [0.717, 1.165) is 18.9 Å². The van der Waals surface area contributed by atoms with E-state index in [9.17, 15) is 14.4 Å². The average Bonchev–Trinajstić information content (AvgIpc) is 2.78. The van der Waals surface area contributed by atoms with Gasteiger partial charge in [-0.15, -0.1) is 0 Å². The summed E-state index contributed by atoms with van der Waals surface area (Å²) in [4.78, 5) is 44.8. The third kappa shape index (κ3) is 5.93. The molecule has 1 aliphatic rings. The summed E-state index contributed by atoms with van der Waals surface area (Å²) >= 11 is 5.88. The third-order valence-electron chi connectivity index (χ3n) is 4.83. The molecule has 1 saturated heterocycles. The van der Waals surface area contributed by atoms with Crippen LogP contribution in [0.15, 0.2) is 36.5 Å². The van der Waals surface area contributed by atoms with Gasteiger partial charge in [0, 0.05) is 38.1 Å². The Labute approximate surface area is 184 Å². The molecule has 1 aromatic carbocycles. The Morgan fingerprint density at radius 2 is 1.61 bits per heavy atom. The van der Waals surface area contributed by atoms with Gasteiger partial charge < -0.3 is 19.7 Å². The van der Waals surface area contributed by atoms with Crippen LogP contribution in [-0.2, 0) is 14.3 Å². The molecular formula is C21H23ClN4O5. The number of hydrogen-bond acceptors (Lipinski definition) is 8. The molecule has 0 radical (unpaired) electrons. The number of esters is 2. The number of carbonyl (C=O) groups is 3. The van der Waals surface area contributed by atoms with Gasteiger partial charge in [-0.1, -0.05) is 11.6 Å². The van der Waals surface area contributed by atoms with Crippen LogP contribution >= 0.6 is 11.6 Å². The predicted molar refractivity (Wildman–Crippen MR) is 116 cm³/mol. The van der Waals surface area contributed by atoms with Gasteiger partial charge in [-0.25, -0.2) is 14.6 Å². The van der Waals surface area contributed by atoms with Gasteiger partial charge in [0.05, 0.1) is 36.9 Å². The Balaban J connectivity index is 1.60. The molecule has 31 heavy (non-hydrogen) atoms. The predicted octanol–water partition coefficient (Wildman–Crippen LogP) is 2.07. The van der Waals surface area contributed by atoms with Gasteiger partial charge in [0.1, 0.15) is 5.82 Å². The second-order valence-electron chi connectivity index (χ2n) is 6.93. The minimum atomic E-state index is -0.617. The Morgan fingerprint density at radius 1 is 1.00 bits per heavy atom. The van der Waals surface area contributed by atoms with E-state index in [2.05, 4.69) is 15.2 Å². The summed E-state index contributed by atoms with van der Waals surface area (Å²) in [5, 5.41) is 3.33. The summed E-state index contributed by atoms with van der Waals surface area (Å²) in [6.07, 6.45) is 1.61. The molecule has 1 aliphatic heterocycles. The average molecular weight is 447 g/mol. The molecule has 1 amide bonds. The van der Waals surface area contributed by atoms with E-state index in [4.69, 9.17) is 21.1 Å². The van der Waals surface area contributed by atoms with E-state index in [1.807, 2.05) is 11.0 Å². The number of rotatable bonds is 6. The van der Waals surface area contributed by atoms with Crippen molar-refractivity contribution in [1.29, 1.82) is 0 Å². The zero-order chi connectivity index (χ0) is 22.4. The number of pyridine rings is 1. The second kappa shape index (κ2) is 10.2. The molecule has 9 nitrogen and oxygen atoms in total. The smallest absolute Gasteiger partial charge is 0.337 e. The van der Waals surface area contributed by atoms with Crippen molar-refractivity contribution in [3.8, 4) is 0 Å². The summed E-state index contributed by atoms with van der Waals surface area (Å²) < 4.78 is 9.42. The van der Waals surface area contributed by atoms with Crippen molar-refractivity contribution in [2.24, 2.45) is 0 Å². The van der Waals surface area contributed by atoms with Gasteiger partial charge >= 0.3 is 11.9 Å². The van der Waals surface area contributed by atoms with Crippen LogP contribution in [0.3, 0.4) is 0 Å². The van der Waals surface area contributed by atoms with Gasteiger partial charge in [-0.3, -0.25) is 9.69 Å². The maximum atomic E-state index is 12.5. The number of amides is 1. The first-order chi connectivity index (χ1) is 14.9. The summed E-state index contributed by atoms with van der Waals surface area (Å²) in [5.41, 5.74) is 0.604. The lowest BCUT2D eigenvalue weighted by molar-refractivity contribution is -0.117. The fraction of sp³-hybridized carbons (Fsp3) is 0.333. The van der Waals surface area contributed by atoms with E-state index < -0.39 is 11.9 Å². The molecule has 164 valence electrons. The van der Waals surface area contributed by atoms with Gasteiger partial charge in [0.15, 0.2) is 0 Å². The molecule has 1 fully saturated rings. The first-order valence-corrected chi connectivity index (χ1v) is 9.98. The number of carbonyl (C=O) groups excluding carboxylic acids is 3. The molecule has 0 saturated carbocycles. The number of nitrogens with zero attached hydrogens (tertiary/aromatic N) is 3. The van der Waals surface area contributed by atoms with Crippen molar-refractivity contribution in [3.63, 3.8) is 0 Å². The summed E-state index contributed by atoms with van der Waals surface area (Å²) in [6.45, 7) is 3.01. The summed E-state index contributed by atoms with van der Waals surface area (Å²) in [6, 6.07) is 7.95. The summed E-state index contributed by atoms with van der Waals surface area (Å²) in [5.74, 6) is -0.638. The van der Waals surface area contributed by atoms with Crippen LogP contribution in [0.2, 0.25) is 5.02 Å². The Hall–Kier alpha value is -3.17. The lowest BCUT2D eigenvalue weighted by Gasteiger charge is -2.35. The number of methoxy groups -OCH3 is 2. The van der Waals surface area contributed by atoms with E-state index in [0.29, 0.717) is 23.8 Å². The SMILES string of the molecule is COC(=O)c1cc(NC(=O)CN2CCN(c3ccc(Cl)cn3)CC2)cc(C(=O)OC)c1. The number of benzene rings is 1. The normalized spacial score (nSPS) is 14.1. The molecule has 2 aromatic rings. The van der Waals surface area contributed by atoms with Crippen LogP contribution in [0.25, 0.3) is 0 Å². The van der Waals surface area contributed by atoms with Crippen molar-refractivity contribution in [1.82, 2.24) is 9.88 Å². The highest BCUT2D eigenvalue weighted by atomic mass is 35.5. The van der Waals surface area contributed by atoms with E-state index in [1.54, 1.807) is 12.3 Å². The van der Waals surface area contributed by atoms with E-state index in [1.165, 1.54) is 32.4 Å². The fourth-order valence-electron chi connectivity index (χ4n) is 3.26. The number of ether oxygens (including phenoxy) is 2. The third-order valence-corrected chi connectivity index (χ3v) is 5.06. The van der Waals surface area contributed by atoms with Crippen molar-refractivity contribution in [2.45, 2.75) is 0 Å². The molecule has 0 spiro atoms. The number of anilines is 2. The van der Waals surface area contributed by atoms with Gasteiger partial charge in [-0.2, -0.15) is 0 Å². The van der Waals surface area contributed by atoms with Crippen LogP contribution < -0.4 is 10.2 Å². The number of halogens is 1. The Kier molecular flexibility index (Phi) is 7.43. The molecule has 0 atom stereocenters. The zero-order valence-electron chi connectivity index (χ0n) is 17.3. The van der Waals surface area contributed by atoms with Crippen LogP contribution in [0.5, 0.6) is 0 Å². The van der Waals surface area contributed by atoms with Crippen LogP contribution in [-0.4, -0.2) is 74.7 Å². The van der Waals surface area contributed by atoms with E-state index >= 15 is 0 Å². The van der Waals surface area contributed by atoms with Gasteiger partial charge in [-0.05, 0) is 30.3 Å². The number of nitrogens with one attached hydrogen (secondary N) is 1. The quantitative estimate of drug-likeness (QED) is 0.673. The topological polar surface area (TPSA) is 101 Å².